The van der Waals surface area contributed by atoms with Crippen molar-refractivity contribution in [1.29, 1.82) is 0 Å². The summed E-state index contributed by atoms with van der Waals surface area (Å²) < 4.78 is 0. The van der Waals surface area contributed by atoms with Crippen LogP contribution in [0.15, 0.2) is 0 Å². The van der Waals surface area contributed by atoms with Crippen molar-refractivity contribution >= 4 is 17.6 Å². The maximum atomic E-state index is 10.6. The largest absolute Gasteiger partial charge is 0.481 e. The predicted molar refractivity (Wildman–Crippen MR) is 59.8 cm³/mol. The van der Waals surface area contributed by atoms with Crippen molar-refractivity contribution in [3.8, 4) is 0 Å². The average molecular weight is 221 g/mol. The molecule has 0 rings (SSSR count). The molecular weight excluding hydrogens is 200 g/mol. The van der Waals surface area contributed by atoms with E-state index in [1.165, 1.54) is 12.8 Å². The van der Waals surface area contributed by atoms with Crippen LogP contribution in [-0.2, 0) is 4.79 Å². The van der Waals surface area contributed by atoms with Crippen LogP contribution in [-0.4, -0.2) is 17.0 Å². The minimum atomic E-state index is -0.760. The lowest BCUT2D eigenvalue weighted by molar-refractivity contribution is -0.141. The van der Waals surface area contributed by atoms with E-state index >= 15 is 0 Å². The third-order valence-electron chi connectivity index (χ3n) is 2.37. The molecule has 0 saturated heterocycles. The molecule has 1 atom stereocenters. The summed E-state index contributed by atoms with van der Waals surface area (Å²) in [6.45, 7) is 4.41. The van der Waals surface area contributed by atoms with Crippen LogP contribution in [0.4, 0.5) is 0 Å². The number of hydrogen-bond donors (Lipinski definition) is 1. The Hall–Kier alpha value is -0.240. The first kappa shape index (κ1) is 13.8. The normalized spacial score (nSPS) is 13.1. The Morgan fingerprint density at radius 1 is 1.21 bits per heavy atom. The highest BCUT2D eigenvalue weighted by Crippen LogP contribution is 2.14. The number of rotatable bonds is 8. The van der Waals surface area contributed by atoms with Gasteiger partial charge in [0.05, 0.1) is 5.92 Å². The summed E-state index contributed by atoms with van der Waals surface area (Å²) in [5, 5.41) is 8.73. The molecule has 0 heterocycles. The van der Waals surface area contributed by atoms with Gasteiger partial charge in [-0.05, 0) is 12.3 Å². The number of carbonyl (C=O) groups is 1. The Morgan fingerprint density at radius 2 is 1.79 bits per heavy atom. The van der Waals surface area contributed by atoms with Gasteiger partial charge in [0.2, 0.25) is 0 Å². The van der Waals surface area contributed by atoms with E-state index in [0.717, 1.165) is 25.2 Å². The first-order valence-electron chi connectivity index (χ1n) is 5.36. The molecule has 1 unspecified atom stereocenters. The molecule has 0 aromatic carbocycles. The molecule has 0 amide bonds. The van der Waals surface area contributed by atoms with Crippen molar-refractivity contribution in [2.24, 2.45) is 11.8 Å². The molecule has 2 nitrogen and oxygen atoms in total. The van der Waals surface area contributed by atoms with Gasteiger partial charge >= 0.3 is 5.97 Å². The van der Waals surface area contributed by atoms with Crippen LogP contribution in [0.3, 0.4) is 0 Å². The van der Waals surface area contributed by atoms with Crippen molar-refractivity contribution in [1.82, 2.24) is 0 Å². The second-order valence-electron chi connectivity index (χ2n) is 4.22. The van der Waals surface area contributed by atoms with Gasteiger partial charge in [-0.2, -0.15) is 0 Å². The van der Waals surface area contributed by atoms with E-state index in [2.05, 4.69) is 13.8 Å². The molecule has 0 spiro atoms. The summed E-state index contributed by atoms with van der Waals surface area (Å²) >= 11 is 5.54. The molecule has 0 bridgehead atoms. The highest BCUT2D eigenvalue weighted by molar-refractivity contribution is 6.19. The maximum absolute atomic E-state index is 10.6. The number of halogens is 1. The molecule has 0 aromatic rings. The van der Waals surface area contributed by atoms with E-state index in [9.17, 15) is 4.79 Å². The molecule has 84 valence electrons. The zero-order valence-electron chi connectivity index (χ0n) is 9.13. The van der Waals surface area contributed by atoms with Crippen molar-refractivity contribution in [2.75, 3.05) is 5.88 Å². The molecule has 0 aromatic heterocycles. The van der Waals surface area contributed by atoms with Crippen molar-refractivity contribution in [3.63, 3.8) is 0 Å². The van der Waals surface area contributed by atoms with Crippen LogP contribution in [0.2, 0.25) is 0 Å². The Kier molecular flexibility index (Phi) is 7.96. The van der Waals surface area contributed by atoms with E-state index in [4.69, 9.17) is 16.7 Å². The first-order chi connectivity index (χ1) is 6.57. The van der Waals surface area contributed by atoms with Crippen LogP contribution in [0.25, 0.3) is 0 Å². The fourth-order valence-corrected chi connectivity index (χ4v) is 1.67. The van der Waals surface area contributed by atoms with Crippen molar-refractivity contribution in [2.45, 2.75) is 46.0 Å². The molecule has 0 radical (unpaired) electrons. The van der Waals surface area contributed by atoms with Gasteiger partial charge in [-0.3, -0.25) is 4.79 Å². The van der Waals surface area contributed by atoms with Crippen LogP contribution < -0.4 is 0 Å². The minimum absolute atomic E-state index is 0.236. The van der Waals surface area contributed by atoms with E-state index in [0.29, 0.717) is 0 Å². The number of aliphatic carboxylic acids is 1. The molecule has 0 aliphatic heterocycles. The predicted octanol–water partition coefficient (Wildman–Crippen LogP) is 3.53. The molecule has 1 N–H and O–H groups in total. The standard InChI is InChI=1S/C11H21ClO2/c1-9(2)6-4-3-5-7-10(8-12)11(13)14/h9-10H,3-8H2,1-2H3,(H,13,14). The van der Waals surface area contributed by atoms with E-state index < -0.39 is 5.97 Å². The topological polar surface area (TPSA) is 37.3 Å². The van der Waals surface area contributed by atoms with Gasteiger partial charge in [-0.1, -0.05) is 39.5 Å². The Morgan fingerprint density at radius 3 is 2.21 bits per heavy atom. The summed E-state index contributed by atoms with van der Waals surface area (Å²) in [5.74, 6) is -0.127. The molecule has 14 heavy (non-hydrogen) atoms. The van der Waals surface area contributed by atoms with Gasteiger partial charge in [-0.25, -0.2) is 0 Å². The molecule has 0 saturated carbocycles. The fourth-order valence-electron chi connectivity index (χ4n) is 1.39. The van der Waals surface area contributed by atoms with Gasteiger partial charge in [0.15, 0.2) is 0 Å². The average Bonchev–Trinajstić information content (AvgIpc) is 2.10. The van der Waals surface area contributed by atoms with Crippen molar-refractivity contribution in [3.05, 3.63) is 0 Å². The quantitative estimate of drug-likeness (QED) is 0.502. The van der Waals surface area contributed by atoms with Gasteiger partial charge in [0.1, 0.15) is 0 Å². The zero-order chi connectivity index (χ0) is 11.0. The zero-order valence-corrected chi connectivity index (χ0v) is 9.89. The molecular formula is C11H21ClO2. The molecule has 3 heteroatoms. The number of unbranched alkanes of at least 4 members (excludes halogenated alkanes) is 2. The highest BCUT2D eigenvalue weighted by atomic mass is 35.5. The lowest BCUT2D eigenvalue weighted by Crippen LogP contribution is -2.14. The van der Waals surface area contributed by atoms with E-state index in [1.807, 2.05) is 0 Å². The SMILES string of the molecule is CC(C)CCCCCC(CCl)C(=O)O. The van der Waals surface area contributed by atoms with Gasteiger partial charge in [0.25, 0.3) is 0 Å². The van der Waals surface area contributed by atoms with Gasteiger partial charge in [-0.15, -0.1) is 11.6 Å². The van der Waals surface area contributed by atoms with Crippen LogP contribution >= 0.6 is 11.6 Å². The lowest BCUT2D eigenvalue weighted by atomic mass is 10.0. The van der Waals surface area contributed by atoms with Gasteiger partial charge < -0.3 is 5.11 Å². The van der Waals surface area contributed by atoms with Crippen LogP contribution in [0, 0.1) is 11.8 Å². The van der Waals surface area contributed by atoms with Crippen LogP contribution in [0.5, 0.6) is 0 Å². The lowest BCUT2D eigenvalue weighted by Gasteiger charge is -2.08. The summed E-state index contributed by atoms with van der Waals surface area (Å²) in [6, 6.07) is 0. The summed E-state index contributed by atoms with van der Waals surface area (Å²) in [4.78, 5) is 10.6. The number of carboxylic acid groups (broad SMARTS) is 1. The monoisotopic (exact) mass is 220 g/mol. The fraction of sp³-hybridized carbons (Fsp3) is 0.909. The van der Waals surface area contributed by atoms with Crippen molar-refractivity contribution < 1.29 is 9.90 Å². The summed E-state index contributed by atoms with van der Waals surface area (Å²) in [6.07, 6.45) is 5.26. The molecule has 0 fully saturated rings. The Bertz CT molecular complexity index is 157. The number of carboxylic acids is 1. The van der Waals surface area contributed by atoms with Gasteiger partial charge in [0, 0.05) is 5.88 Å². The Balaban J connectivity index is 3.38. The molecule has 0 aliphatic rings. The maximum Gasteiger partial charge on any atom is 0.307 e. The third-order valence-corrected chi connectivity index (χ3v) is 2.74. The smallest absolute Gasteiger partial charge is 0.307 e. The second-order valence-corrected chi connectivity index (χ2v) is 4.53. The first-order valence-corrected chi connectivity index (χ1v) is 5.90. The number of alkyl halides is 1. The summed E-state index contributed by atoms with van der Waals surface area (Å²) in [5.41, 5.74) is 0. The van der Waals surface area contributed by atoms with E-state index in [1.54, 1.807) is 0 Å². The highest BCUT2D eigenvalue weighted by Gasteiger charge is 2.14. The Labute approximate surface area is 91.6 Å². The van der Waals surface area contributed by atoms with E-state index in [-0.39, 0.29) is 11.8 Å². The minimum Gasteiger partial charge on any atom is -0.481 e. The summed E-state index contributed by atoms with van der Waals surface area (Å²) in [7, 11) is 0. The molecule has 0 aliphatic carbocycles. The number of hydrogen-bond acceptors (Lipinski definition) is 1. The second kappa shape index (κ2) is 8.10. The van der Waals surface area contributed by atoms with Crippen LogP contribution in [0.1, 0.15) is 46.0 Å². The third kappa shape index (κ3) is 7.19.